The van der Waals surface area contributed by atoms with Gasteiger partial charge in [-0.3, -0.25) is 4.79 Å². The van der Waals surface area contributed by atoms with E-state index in [2.05, 4.69) is 10.5 Å². The Morgan fingerprint density at radius 3 is 2.58 bits per heavy atom. The molecule has 4 nitrogen and oxygen atoms in total. The van der Waals surface area contributed by atoms with Gasteiger partial charge in [0, 0.05) is 18.3 Å². The van der Waals surface area contributed by atoms with Crippen LogP contribution in [0.1, 0.15) is 32.1 Å². The summed E-state index contributed by atoms with van der Waals surface area (Å²) in [7, 11) is 0. The first-order valence-corrected chi connectivity index (χ1v) is 6.61. The maximum atomic E-state index is 11.6. The first kappa shape index (κ1) is 15.6. The molecule has 19 heavy (non-hydrogen) atoms. The lowest BCUT2D eigenvalue weighted by Gasteiger charge is -2.16. The Morgan fingerprint density at radius 2 is 1.89 bits per heavy atom. The molecule has 1 aliphatic rings. The molecule has 104 valence electrons. The zero-order valence-electron chi connectivity index (χ0n) is 11.0. The SMILES string of the molecule is O=C(C[n+]1ccccc1)N/N=C/C1CCCCC1.[Cl-]. The summed E-state index contributed by atoms with van der Waals surface area (Å²) in [5, 5.41) is 4.05. The van der Waals surface area contributed by atoms with Crippen LogP contribution in [0.15, 0.2) is 35.7 Å². The Bertz CT molecular complexity index is 402. The van der Waals surface area contributed by atoms with E-state index in [9.17, 15) is 4.79 Å². The van der Waals surface area contributed by atoms with E-state index in [1.807, 2.05) is 41.4 Å². The average molecular weight is 282 g/mol. The fraction of sp³-hybridized carbons (Fsp3) is 0.500. The van der Waals surface area contributed by atoms with E-state index in [-0.39, 0.29) is 18.3 Å². The number of pyridine rings is 1. The minimum atomic E-state index is -0.0849. The first-order chi connectivity index (χ1) is 8.84. The number of nitrogens with zero attached hydrogens (tertiary/aromatic N) is 2. The van der Waals surface area contributed by atoms with Crippen molar-refractivity contribution in [2.24, 2.45) is 11.0 Å². The molecule has 0 aromatic carbocycles. The number of hydrogen-bond donors (Lipinski definition) is 1. The number of rotatable bonds is 4. The third-order valence-corrected chi connectivity index (χ3v) is 3.23. The smallest absolute Gasteiger partial charge is 0.305 e. The van der Waals surface area contributed by atoms with E-state index in [4.69, 9.17) is 0 Å². The Labute approximate surface area is 120 Å². The predicted molar refractivity (Wildman–Crippen MR) is 69.8 cm³/mol. The topological polar surface area (TPSA) is 45.3 Å². The standard InChI is InChI=1S/C14H19N3O.ClH/c18-14(12-17-9-5-2-6-10-17)16-15-11-13-7-3-1-4-8-13;/h2,5-6,9-11,13H,1,3-4,7-8,12H2;1H/b15-11+;. The Morgan fingerprint density at radius 1 is 1.21 bits per heavy atom. The predicted octanol–water partition coefficient (Wildman–Crippen LogP) is -1.34. The number of hydrazone groups is 1. The molecule has 2 rings (SSSR count). The van der Waals surface area contributed by atoms with Crippen LogP contribution in [0, 0.1) is 5.92 Å². The van der Waals surface area contributed by atoms with Crippen LogP contribution in [0.25, 0.3) is 0 Å². The second kappa shape index (κ2) is 8.64. The van der Waals surface area contributed by atoms with E-state index in [0.717, 1.165) is 0 Å². The van der Waals surface area contributed by atoms with E-state index >= 15 is 0 Å². The largest absolute Gasteiger partial charge is 1.00 e. The van der Waals surface area contributed by atoms with Crippen LogP contribution >= 0.6 is 0 Å². The molecule has 0 aliphatic heterocycles. The second-order valence-electron chi connectivity index (χ2n) is 4.76. The number of nitrogens with one attached hydrogen (secondary N) is 1. The van der Waals surface area contributed by atoms with Gasteiger partial charge >= 0.3 is 5.91 Å². The summed E-state index contributed by atoms with van der Waals surface area (Å²) >= 11 is 0. The molecule has 0 radical (unpaired) electrons. The highest BCUT2D eigenvalue weighted by Crippen LogP contribution is 2.21. The molecule has 0 spiro atoms. The fourth-order valence-electron chi connectivity index (χ4n) is 2.24. The molecule has 1 N–H and O–H groups in total. The number of carbonyl (C=O) groups is 1. The molecule has 5 heteroatoms. The molecule has 1 aliphatic carbocycles. The van der Waals surface area contributed by atoms with Crippen LogP contribution < -0.4 is 22.4 Å². The van der Waals surface area contributed by atoms with E-state index in [1.165, 1.54) is 32.1 Å². The third kappa shape index (κ3) is 5.83. The molecule has 0 unspecified atom stereocenters. The van der Waals surface area contributed by atoms with Crippen molar-refractivity contribution in [1.82, 2.24) is 5.43 Å². The summed E-state index contributed by atoms with van der Waals surface area (Å²) < 4.78 is 1.82. The molecule has 0 atom stereocenters. The summed E-state index contributed by atoms with van der Waals surface area (Å²) in [5.74, 6) is 0.460. The molecular formula is C14H20ClN3O. The lowest BCUT2D eigenvalue weighted by atomic mass is 9.90. The molecule has 0 bridgehead atoms. The van der Waals surface area contributed by atoms with Crippen LogP contribution in [-0.2, 0) is 11.3 Å². The molecule has 1 amide bonds. The number of hydrogen-bond acceptors (Lipinski definition) is 2. The van der Waals surface area contributed by atoms with Crippen molar-refractivity contribution in [3.63, 3.8) is 0 Å². The third-order valence-electron chi connectivity index (χ3n) is 3.23. The van der Waals surface area contributed by atoms with Crippen molar-refractivity contribution in [2.45, 2.75) is 38.6 Å². The van der Waals surface area contributed by atoms with Crippen molar-refractivity contribution in [3.05, 3.63) is 30.6 Å². The molecule has 1 aromatic heterocycles. The van der Waals surface area contributed by atoms with Gasteiger partial charge in [-0.05, 0) is 18.8 Å². The normalized spacial score (nSPS) is 16.0. The van der Waals surface area contributed by atoms with Gasteiger partial charge < -0.3 is 12.4 Å². The molecule has 1 aromatic rings. The maximum absolute atomic E-state index is 11.6. The van der Waals surface area contributed by atoms with Gasteiger partial charge in [-0.25, -0.2) is 5.43 Å². The van der Waals surface area contributed by atoms with Crippen molar-refractivity contribution in [2.75, 3.05) is 0 Å². The van der Waals surface area contributed by atoms with Gasteiger partial charge in [0.15, 0.2) is 12.4 Å². The zero-order chi connectivity index (χ0) is 12.6. The highest BCUT2D eigenvalue weighted by atomic mass is 35.5. The number of aromatic nitrogens is 1. The van der Waals surface area contributed by atoms with Crippen LogP contribution in [0.5, 0.6) is 0 Å². The summed E-state index contributed by atoms with van der Waals surface area (Å²) in [6.45, 7) is 0.308. The Balaban J connectivity index is 0.00000180. The van der Waals surface area contributed by atoms with Crippen molar-refractivity contribution in [1.29, 1.82) is 0 Å². The van der Waals surface area contributed by atoms with Gasteiger partial charge in [-0.2, -0.15) is 9.67 Å². The minimum Gasteiger partial charge on any atom is -1.00 e. The molecule has 0 saturated heterocycles. The zero-order valence-corrected chi connectivity index (χ0v) is 11.7. The average Bonchev–Trinajstić information content (AvgIpc) is 2.41. The van der Waals surface area contributed by atoms with Crippen molar-refractivity contribution < 1.29 is 21.8 Å². The highest BCUT2D eigenvalue weighted by Gasteiger charge is 2.11. The van der Waals surface area contributed by atoms with Crippen LogP contribution in [-0.4, -0.2) is 12.1 Å². The van der Waals surface area contributed by atoms with Gasteiger partial charge in [0.25, 0.3) is 0 Å². The number of halogens is 1. The lowest BCUT2D eigenvalue weighted by Crippen LogP contribution is -3.00. The van der Waals surface area contributed by atoms with E-state index < -0.39 is 0 Å². The maximum Gasteiger partial charge on any atom is 0.305 e. The summed E-state index contributed by atoms with van der Waals surface area (Å²) in [4.78, 5) is 11.6. The quantitative estimate of drug-likeness (QED) is 0.415. The van der Waals surface area contributed by atoms with Crippen molar-refractivity contribution >= 4 is 12.1 Å². The van der Waals surface area contributed by atoms with Gasteiger partial charge in [-0.1, -0.05) is 25.3 Å². The summed E-state index contributed by atoms with van der Waals surface area (Å²) in [5.41, 5.74) is 2.59. The summed E-state index contributed by atoms with van der Waals surface area (Å²) in [6.07, 6.45) is 11.9. The van der Waals surface area contributed by atoms with Crippen LogP contribution in [0.2, 0.25) is 0 Å². The van der Waals surface area contributed by atoms with E-state index in [0.29, 0.717) is 12.5 Å². The highest BCUT2D eigenvalue weighted by molar-refractivity contribution is 5.75. The lowest BCUT2D eigenvalue weighted by molar-refractivity contribution is -0.684. The number of carbonyl (C=O) groups excluding carboxylic acids is 1. The Hall–Kier alpha value is -1.42. The first-order valence-electron chi connectivity index (χ1n) is 6.61. The van der Waals surface area contributed by atoms with Gasteiger partial charge in [0.05, 0.1) is 0 Å². The minimum absolute atomic E-state index is 0. The second-order valence-corrected chi connectivity index (χ2v) is 4.76. The van der Waals surface area contributed by atoms with Crippen molar-refractivity contribution in [3.8, 4) is 0 Å². The molecular weight excluding hydrogens is 262 g/mol. The number of amides is 1. The van der Waals surface area contributed by atoms with Crippen LogP contribution in [0.4, 0.5) is 0 Å². The van der Waals surface area contributed by atoms with Gasteiger partial charge in [0.2, 0.25) is 6.54 Å². The van der Waals surface area contributed by atoms with Gasteiger partial charge in [0.1, 0.15) is 0 Å². The van der Waals surface area contributed by atoms with Crippen LogP contribution in [0.3, 0.4) is 0 Å². The molecule has 1 heterocycles. The Kier molecular flexibility index (Phi) is 7.11. The molecule has 1 saturated carbocycles. The van der Waals surface area contributed by atoms with Gasteiger partial charge in [-0.15, -0.1) is 0 Å². The monoisotopic (exact) mass is 281 g/mol. The summed E-state index contributed by atoms with van der Waals surface area (Å²) in [6, 6.07) is 5.73. The fourth-order valence-corrected chi connectivity index (χ4v) is 2.24. The van der Waals surface area contributed by atoms with E-state index in [1.54, 1.807) is 0 Å². The molecule has 1 fully saturated rings.